The van der Waals surface area contributed by atoms with Gasteiger partial charge in [-0.15, -0.1) is 0 Å². The molecule has 2 fully saturated rings. The normalized spacial score (nSPS) is 30.7. The van der Waals surface area contributed by atoms with Crippen molar-refractivity contribution in [1.29, 1.82) is 0 Å². The van der Waals surface area contributed by atoms with E-state index < -0.39 is 10.0 Å². The molecule has 0 bridgehead atoms. The topological polar surface area (TPSA) is 58.2 Å². The van der Waals surface area contributed by atoms with E-state index in [9.17, 15) is 8.42 Å². The van der Waals surface area contributed by atoms with Crippen molar-refractivity contribution in [3.05, 3.63) is 0 Å². The highest BCUT2D eigenvalue weighted by Gasteiger charge is 2.26. The molecule has 0 radical (unpaired) electrons. The van der Waals surface area contributed by atoms with Gasteiger partial charge in [0, 0.05) is 6.54 Å². The maximum atomic E-state index is 12.0. The Balaban J connectivity index is 1.76. The fourth-order valence-corrected chi connectivity index (χ4v) is 4.72. The molecule has 106 valence electrons. The van der Waals surface area contributed by atoms with E-state index in [1.54, 1.807) is 0 Å². The van der Waals surface area contributed by atoms with Gasteiger partial charge in [-0.05, 0) is 50.1 Å². The third kappa shape index (κ3) is 4.21. The fourth-order valence-electron chi connectivity index (χ4n) is 3.18. The van der Waals surface area contributed by atoms with E-state index >= 15 is 0 Å². The quantitative estimate of drug-likeness (QED) is 0.795. The van der Waals surface area contributed by atoms with Crippen molar-refractivity contribution in [3.8, 4) is 0 Å². The summed E-state index contributed by atoms with van der Waals surface area (Å²) in [7, 11) is -3.07. The standard InChI is InChI=1S/C13H26N2O2S/c1-11-3-2-4-13(11)9-15-18(16,17)10-12-5-7-14-8-6-12/h11-15H,2-10H2,1H3. The molecule has 1 heterocycles. The van der Waals surface area contributed by atoms with E-state index in [1.165, 1.54) is 19.3 Å². The molecule has 0 aromatic rings. The van der Waals surface area contributed by atoms with Crippen LogP contribution in [0.4, 0.5) is 0 Å². The summed E-state index contributed by atoms with van der Waals surface area (Å²) < 4.78 is 26.9. The highest BCUT2D eigenvalue weighted by atomic mass is 32.2. The van der Waals surface area contributed by atoms with E-state index in [2.05, 4.69) is 17.0 Å². The van der Waals surface area contributed by atoms with Gasteiger partial charge in [0.1, 0.15) is 0 Å². The second-order valence-corrected chi connectivity index (χ2v) is 7.84. The number of hydrogen-bond acceptors (Lipinski definition) is 3. The van der Waals surface area contributed by atoms with E-state index in [0.717, 1.165) is 25.9 Å². The van der Waals surface area contributed by atoms with Crippen LogP contribution in [0.5, 0.6) is 0 Å². The molecule has 1 saturated carbocycles. The minimum atomic E-state index is -3.07. The first-order valence-electron chi connectivity index (χ1n) is 7.25. The molecule has 1 saturated heterocycles. The lowest BCUT2D eigenvalue weighted by Crippen LogP contribution is -2.37. The lowest BCUT2D eigenvalue weighted by Gasteiger charge is -2.23. The molecule has 1 aliphatic carbocycles. The van der Waals surface area contributed by atoms with E-state index in [0.29, 0.717) is 30.1 Å². The maximum absolute atomic E-state index is 12.0. The van der Waals surface area contributed by atoms with Gasteiger partial charge in [-0.1, -0.05) is 19.8 Å². The minimum Gasteiger partial charge on any atom is -0.317 e. The largest absolute Gasteiger partial charge is 0.317 e. The molecule has 2 N–H and O–H groups in total. The third-order valence-corrected chi connectivity index (χ3v) is 6.04. The molecule has 0 amide bonds. The summed E-state index contributed by atoms with van der Waals surface area (Å²) in [5.41, 5.74) is 0. The number of piperidine rings is 1. The summed E-state index contributed by atoms with van der Waals surface area (Å²) in [5.74, 6) is 1.87. The van der Waals surface area contributed by atoms with Crippen molar-refractivity contribution < 1.29 is 8.42 Å². The molecular formula is C13H26N2O2S. The first kappa shape index (κ1) is 14.3. The molecule has 4 nitrogen and oxygen atoms in total. The van der Waals surface area contributed by atoms with Crippen molar-refractivity contribution in [1.82, 2.24) is 10.0 Å². The molecule has 2 unspecified atom stereocenters. The number of nitrogens with one attached hydrogen (secondary N) is 2. The average Bonchev–Trinajstić information content (AvgIpc) is 2.73. The van der Waals surface area contributed by atoms with Crippen LogP contribution in [0, 0.1) is 17.8 Å². The summed E-state index contributed by atoms with van der Waals surface area (Å²) in [6.45, 7) is 4.80. The Morgan fingerprint density at radius 3 is 2.50 bits per heavy atom. The highest BCUT2D eigenvalue weighted by Crippen LogP contribution is 2.30. The van der Waals surface area contributed by atoms with Gasteiger partial charge in [0.05, 0.1) is 5.75 Å². The molecule has 0 spiro atoms. The molecule has 2 aliphatic rings. The smallest absolute Gasteiger partial charge is 0.211 e. The zero-order valence-electron chi connectivity index (χ0n) is 11.3. The SMILES string of the molecule is CC1CCCC1CNS(=O)(=O)CC1CCNCC1. The molecule has 0 aromatic heterocycles. The molecule has 5 heteroatoms. The van der Waals surface area contributed by atoms with E-state index in [1.807, 2.05) is 0 Å². The summed E-state index contributed by atoms with van der Waals surface area (Å²) in [6, 6.07) is 0. The lowest BCUT2D eigenvalue weighted by atomic mass is 9.99. The molecular weight excluding hydrogens is 248 g/mol. The molecule has 2 atom stereocenters. The number of sulfonamides is 1. The predicted molar refractivity (Wildman–Crippen MR) is 73.9 cm³/mol. The first-order chi connectivity index (χ1) is 8.57. The van der Waals surface area contributed by atoms with Crippen LogP contribution in [0.25, 0.3) is 0 Å². The van der Waals surface area contributed by atoms with Crippen LogP contribution in [0.1, 0.15) is 39.0 Å². The van der Waals surface area contributed by atoms with Crippen LogP contribution >= 0.6 is 0 Å². The van der Waals surface area contributed by atoms with Gasteiger partial charge in [-0.25, -0.2) is 13.1 Å². The third-order valence-electron chi connectivity index (χ3n) is 4.52. The van der Waals surface area contributed by atoms with Crippen molar-refractivity contribution >= 4 is 10.0 Å². The highest BCUT2D eigenvalue weighted by molar-refractivity contribution is 7.89. The zero-order chi connectivity index (χ0) is 13.0. The van der Waals surface area contributed by atoms with Crippen LogP contribution < -0.4 is 10.0 Å². The van der Waals surface area contributed by atoms with Crippen LogP contribution in [0.2, 0.25) is 0 Å². The van der Waals surface area contributed by atoms with Crippen LogP contribution in [0.3, 0.4) is 0 Å². The van der Waals surface area contributed by atoms with Gasteiger partial charge in [-0.3, -0.25) is 0 Å². The van der Waals surface area contributed by atoms with Crippen LogP contribution in [-0.2, 0) is 10.0 Å². The molecule has 1 aliphatic heterocycles. The zero-order valence-corrected chi connectivity index (χ0v) is 12.1. The summed E-state index contributed by atoms with van der Waals surface area (Å²) in [4.78, 5) is 0. The van der Waals surface area contributed by atoms with Gasteiger partial charge in [0.2, 0.25) is 10.0 Å². The van der Waals surface area contributed by atoms with Gasteiger partial charge in [0.15, 0.2) is 0 Å². The lowest BCUT2D eigenvalue weighted by molar-refractivity contribution is 0.394. The van der Waals surface area contributed by atoms with Gasteiger partial charge in [-0.2, -0.15) is 0 Å². The Morgan fingerprint density at radius 2 is 1.89 bits per heavy atom. The Kier molecular flexibility index (Phi) is 5.04. The van der Waals surface area contributed by atoms with E-state index in [4.69, 9.17) is 0 Å². The van der Waals surface area contributed by atoms with Crippen molar-refractivity contribution in [2.45, 2.75) is 39.0 Å². The second-order valence-electron chi connectivity index (χ2n) is 5.99. The predicted octanol–water partition coefficient (Wildman–Crippen LogP) is 1.34. The van der Waals surface area contributed by atoms with Crippen LogP contribution in [-0.4, -0.2) is 33.8 Å². The van der Waals surface area contributed by atoms with Crippen molar-refractivity contribution in [3.63, 3.8) is 0 Å². The van der Waals surface area contributed by atoms with Crippen molar-refractivity contribution in [2.24, 2.45) is 17.8 Å². The van der Waals surface area contributed by atoms with Crippen molar-refractivity contribution in [2.75, 3.05) is 25.4 Å². The second kappa shape index (κ2) is 6.35. The fraction of sp³-hybridized carbons (Fsp3) is 1.00. The Hall–Kier alpha value is -0.130. The number of hydrogen-bond donors (Lipinski definition) is 2. The minimum absolute atomic E-state index is 0.315. The molecule has 0 aromatic carbocycles. The first-order valence-corrected chi connectivity index (χ1v) is 8.90. The monoisotopic (exact) mass is 274 g/mol. The summed E-state index contributed by atoms with van der Waals surface area (Å²) >= 11 is 0. The average molecular weight is 274 g/mol. The Bertz CT molecular complexity index is 350. The van der Waals surface area contributed by atoms with Gasteiger partial charge < -0.3 is 5.32 Å². The summed E-state index contributed by atoms with van der Waals surface area (Å²) in [5, 5.41) is 3.27. The summed E-state index contributed by atoms with van der Waals surface area (Å²) in [6.07, 6.45) is 5.65. The van der Waals surface area contributed by atoms with Gasteiger partial charge >= 0.3 is 0 Å². The Morgan fingerprint density at radius 1 is 1.17 bits per heavy atom. The molecule has 2 rings (SSSR count). The van der Waals surface area contributed by atoms with Crippen LogP contribution in [0.15, 0.2) is 0 Å². The Labute approximate surface area is 111 Å². The van der Waals surface area contributed by atoms with E-state index in [-0.39, 0.29) is 0 Å². The van der Waals surface area contributed by atoms with Gasteiger partial charge in [0.25, 0.3) is 0 Å². The number of rotatable bonds is 5. The maximum Gasteiger partial charge on any atom is 0.211 e. The molecule has 18 heavy (non-hydrogen) atoms.